The molecule has 0 aliphatic rings. The highest BCUT2D eigenvalue weighted by Crippen LogP contribution is 2.17. The molecule has 0 amide bonds. The molecule has 0 aliphatic heterocycles. The van der Waals surface area contributed by atoms with E-state index in [0.717, 1.165) is 24.6 Å². The molecule has 0 rings (SSSR count). The molecular weight excluding hydrogens is 194 g/mol. The minimum atomic E-state index is 0.508. The Balaban J connectivity index is 3.88. The van der Waals surface area contributed by atoms with Crippen molar-refractivity contribution in [2.45, 2.75) is 59.3 Å². The third-order valence-corrected chi connectivity index (χ3v) is 2.94. The molecule has 84 valence electrons. The summed E-state index contributed by atoms with van der Waals surface area (Å²) in [6, 6.07) is 0. The Morgan fingerprint density at radius 3 is 2.29 bits per heavy atom. The second-order valence-corrected chi connectivity index (χ2v) is 4.19. The van der Waals surface area contributed by atoms with E-state index in [1.807, 2.05) is 0 Å². The van der Waals surface area contributed by atoms with Gasteiger partial charge in [0.25, 0.3) is 0 Å². The lowest BCUT2D eigenvalue weighted by molar-refractivity contribution is 0.571. The molecule has 0 aromatic rings. The molecule has 0 N–H and O–H groups in total. The van der Waals surface area contributed by atoms with Gasteiger partial charge in [-0.25, -0.2) is 0 Å². The van der Waals surface area contributed by atoms with Gasteiger partial charge in [-0.3, -0.25) is 4.99 Å². The Labute approximate surface area is 94.0 Å². The van der Waals surface area contributed by atoms with E-state index in [9.17, 15) is 0 Å². The van der Waals surface area contributed by atoms with Crippen LogP contribution in [-0.2, 0) is 0 Å². The lowest BCUT2D eigenvalue weighted by atomic mass is 10.0. The van der Waals surface area contributed by atoms with Crippen molar-refractivity contribution in [2.75, 3.05) is 6.54 Å². The van der Waals surface area contributed by atoms with E-state index in [4.69, 9.17) is 11.6 Å². The van der Waals surface area contributed by atoms with Crippen LogP contribution >= 0.6 is 11.6 Å². The maximum Gasteiger partial charge on any atom is 0.103 e. The van der Waals surface area contributed by atoms with Gasteiger partial charge >= 0.3 is 0 Å². The highest BCUT2D eigenvalue weighted by Gasteiger charge is 2.10. The molecule has 0 aromatic heterocycles. The van der Waals surface area contributed by atoms with E-state index in [-0.39, 0.29) is 0 Å². The molecule has 0 radical (unpaired) electrons. The van der Waals surface area contributed by atoms with Gasteiger partial charge in [0, 0.05) is 12.5 Å². The van der Waals surface area contributed by atoms with Gasteiger partial charge in [-0.2, -0.15) is 0 Å². The van der Waals surface area contributed by atoms with Crippen LogP contribution in [0.1, 0.15) is 59.3 Å². The standard InChI is InChI=1S/C12H24ClN/c1-4-7-9-11(6-3)12(13)14-10-8-5-2/h11H,4-10H2,1-3H3. The molecule has 0 bridgehead atoms. The minimum absolute atomic E-state index is 0.508. The van der Waals surface area contributed by atoms with Gasteiger partial charge in [-0.15, -0.1) is 0 Å². The topological polar surface area (TPSA) is 12.4 Å². The van der Waals surface area contributed by atoms with Crippen molar-refractivity contribution in [3.05, 3.63) is 0 Å². The van der Waals surface area contributed by atoms with Gasteiger partial charge in [0.1, 0.15) is 5.17 Å². The van der Waals surface area contributed by atoms with Gasteiger partial charge in [0.15, 0.2) is 0 Å². The van der Waals surface area contributed by atoms with Crippen molar-refractivity contribution in [1.82, 2.24) is 0 Å². The smallest absolute Gasteiger partial charge is 0.103 e. The third kappa shape index (κ3) is 6.42. The van der Waals surface area contributed by atoms with Crippen LogP contribution in [0.2, 0.25) is 0 Å². The lowest BCUT2D eigenvalue weighted by Crippen LogP contribution is -2.08. The van der Waals surface area contributed by atoms with Crippen molar-refractivity contribution in [1.29, 1.82) is 0 Å². The molecule has 1 atom stereocenters. The first kappa shape index (κ1) is 14.0. The first-order chi connectivity index (χ1) is 6.76. The molecule has 0 saturated heterocycles. The molecular formula is C12H24ClN. The van der Waals surface area contributed by atoms with Crippen LogP contribution in [-0.4, -0.2) is 11.7 Å². The number of rotatable bonds is 8. The van der Waals surface area contributed by atoms with E-state index in [1.54, 1.807) is 0 Å². The Bertz CT molecular complexity index is 154. The summed E-state index contributed by atoms with van der Waals surface area (Å²) in [4.78, 5) is 4.42. The molecule has 0 spiro atoms. The van der Waals surface area contributed by atoms with Crippen LogP contribution in [0.25, 0.3) is 0 Å². The SMILES string of the molecule is CCCCN=C(Cl)C(CC)CCCC. The highest BCUT2D eigenvalue weighted by molar-refractivity contribution is 6.65. The van der Waals surface area contributed by atoms with Crippen molar-refractivity contribution in [2.24, 2.45) is 10.9 Å². The van der Waals surface area contributed by atoms with Gasteiger partial charge in [-0.1, -0.05) is 51.6 Å². The van der Waals surface area contributed by atoms with E-state index in [1.165, 1.54) is 25.7 Å². The van der Waals surface area contributed by atoms with Crippen LogP contribution in [0, 0.1) is 5.92 Å². The van der Waals surface area contributed by atoms with E-state index < -0.39 is 0 Å². The molecule has 0 fully saturated rings. The van der Waals surface area contributed by atoms with Crippen LogP contribution in [0.5, 0.6) is 0 Å². The number of nitrogens with zero attached hydrogens (tertiary/aromatic N) is 1. The first-order valence-corrected chi connectivity index (χ1v) is 6.33. The minimum Gasteiger partial charge on any atom is -0.277 e. The first-order valence-electron chi connectivity index (χ1n) is 5.96. The summed E-state index contributed by atoms with van der Waals surface area (Å²) in [6.45, 7) is 7.49. The number of hydrogen-bond acceptors (Lipinski definition) is 1. The van der Waals surface area contributed by atoms with Crippen LogP contribution in [0.4, 0.5) is 0 Å². The Morgan fingerprint density at radius 2 is 1.79 bits per heavy atom. The fraction of sp³-hybridized carbons (Fsp3) is 0.917. The summed E-state index contributed by atoms with van der Waals surface area (Å²) in [7, 11) is 0. The van der Waals surface area contributed by atoms with Crippen LogP contribution in [0.15, 0.2) is 4.99 Å². The molecule has 0 aromatic carbocycles. The molecule has 1 unspecified atom stereocenters. The summed E-state index contributed by atoms with van der Waals surface area (Å²) >= 11 is 6.17. The second-order valence-electron chi connectivity index (χ2n) is 3.81. The van der Waals surface area contributed by atoms with Crippen molar-refractivity contribution >= 4 is 16.8 Å². The largest absolute Gasteiger partial charge is 0.277 e. The molecule has 2 heteroatoms. The summed E-state index contributed by atoms with van der Waals surface area (Å²) in [5.41, 5.74) is 0. The number of halogens is 1. The molecule has 1 nitrogen and oxygen atoms in total. The summed E-state index contributed by atoms with van der Waals surface area (Å²) in [6.07, 6.45) is 7.17. The second kappa shape index (κ2) is 9.51. The summed E-state index contributed by atoms with van der Waals surface area (Å²) in [5, 5.41) is 0.856. The maximum absolute atomic E-state index is 6.17. The maximum atomic E-state index is 6.17. The Kier molecular flexibility index (Phi) is 9.49. The fourth-order valence-corrected chi connectivity index (χ4v) is 1.76. The monoisotopic (exact) mass is 217 g/mol. The molecule has 0 heterocycles. The highest BCUT2D eigenvalue weighted by atomic mass is 35.5. The van der Waals surface area contributed by atoms with Crippen molar-refractivity contribution in [3.63, 3.8) is 0 Å². The van der Waals surface area contributed by atoms with Crippen LogP contribution in [0.3, 0.4) is 0 Å². The fourth-order valence-electron chi connectivity index (χ4n) is 1.42. The van der Waals surface area contributed by atoms with Gasteiger partial charge < -0.3 is 0 Å². The van der Waals surface area contributed by atoms with Crippen molar-refractivity contribution < 1.29 is 0 Å². The normalized spacial score (nSPS) is 14.4. The molecule has 14 heavy (non-hydrogen) atoms. The Morgan fingerprint density at radius 1 is 1.14 bits per heavy atom. The van der Waals surface area contributed by atoms with E-state index >= 15 is 0 Å². The number of unbranched alkanes of at least 4 members (excludes halogenated alkanes) is 2. The lowest BCUT2D eigenvalue weighted by Gasteiger charge is -2.12. The summed E-state index contributed by atoms with van der Waals surface area (Å²) in [5.74, 6) is 0.508. The number of aliphatic imine (C=N–C) groups is 1. The van der Waals surface area contributed by atoms with E-state index in [2.05, 4.69) is 25.8 Å². The summed E-state index contributed by atoms with van der Waals surface area (Å²) < 4.78 is 0. The predicted molar refractivity (Wildman–Crippen MR) is 66.4 cm³/mol. The molecule has 0 saturated carbocycles. The average molecular weight is 218 g/mol. The zero-order valence-electron chi connectivity index (χ0n) is 9.85. The Hall–Kier alpha value is -0.0400. The quantitative estimate of drug-likeness (QED) is 0.415. The van der Waals surface area contributed by atoms with Crippen LogP contribution < -0.4 is 0 Å². The van der Waals surface area contributed by atoms with Gasteiger partial charge in [0.05, 0.1) is 0 Å². The van der Waals surface area contributed by atoms with Gasteiger partial charge in [0.2, 0.25) is 0 Å². The van der Waals surface area contributed by atoms with Crippen molar-refractivity contribution in [3.8, 4) is 0 Å². The predicted octanol–water partition coefficient (Wildman–Crippen LogP) is 4.64. The van der Waals surface area contributed by atoms with E-state index in [0.29, 0.717) is 5.92 Å². The third-order valence-electron chi connectivity index (χ3n) is 2.51. The zero-order chi connectivity index (χ0) is 10.8. The van der Waals surface area contributed by atoms with Gasteiger partial charge in [-0.05, 0) is 19.3 Å². The number of hydrogen-bond donors (Lipinski definition) is 0. The zero-order valence-corrected chi connectivity index (χ0v) is 10.6. The molecule has 0 aliphatic carbocycles. The average Bonchev–Trinajstić information content (AvgIpc) is 2.19.